The first kappa shape index (κ1) is 27.3. The van der Waals surface area contributed by atoms with Crippen LogP contribution in [0.3, 0.4) is 0 Å². The second-order valence-electron chi connectivity index (χ2n) is 8.73. The van der Waals surface area contributed by atoms with Gasteiger partial charge >= 0.3 is 5.97 Å². The minimum Gasteiger partial charge on any atom is -0.480 e. The fourth-order valence-corrected chi connectivity index (χ4v) is 4.71. The van der Waals surface area contributed by atoms with Gasteiger partial charge in [-0.15, -0.1) is 0 Å². The number of carboxylic acid groups (broad SMARTS) is 1. The minimum atomic E-state index is -1.20. The fraction of sp³-hybridized carbons (Fsp3) is 0.179. The molecule has 1 aliphatic heterocycles. The van der Waals surface area contributed by atoms with Crippen molar-refractivity contribution in [3.05, 3.63) is 105 Å². The van der Waals surface area contributed by atoms with Gasteiger partial charge in [-0.05, 0) is 47.4 Å². The minimum absolute atomic E-state index is 0.0175. The second-order valence-corrected chi connectivity index (χ2v) is 9.54. The maximum atomic E-state index is 13.9. The molecule has 1 aliphatic rings. The van der Waals surface area contributed by atoms with Crippen LogP contribution in [0.1, 0.15) is 27.9 Å². The van der Waals surface area contributed by atoms with Crippen LogP contribution in [0.4, 0.5) is 10.1 Å². The van der Waals surface area contributed by atoms with Crippen LogP contribution in [-0.2, 0) is 16.0 Å². The van der Waals surface area contributed by atoms with Crippen LogP contribution < -0.4 is 16.0 Å². The number of carbonyl (C=O) groups is 3. The predicted octanol–water partition coefficient (Wildman–Crippen LogP) is 4.94. The Morgan fingerprint density at radius 1 is 1.00 bits per heavy atom. The highest BCUT2D eigenvalue weighted by Gasteiger charge is 2.25. The third kappa shape index (κ3) is 6.58. The average molecular weight is 556 g/mol. The van der Waals surface area contributed by atoms with Crippen molar-refractivity contribution in [2.75, 3.05) is 11.9 Å². The van der Waals surface area contributed by atoms with Crippen LogP contribution in [0, 0.1) is 5.82 Å². The van der Waals surface area contributed by atoms with Crippen LogP contribution in [0.2, 0.25) is 10.0 Å². The quantitative estimate of drug-likeness (QED) is 0.315. The zero-order valence-electron chi connectivity index (χ0n) is 20.0. The Morgan fingerprint density at radius 3 is 2.34 bits per heavy atom. The molecule has 2 atom stereocenters. The first-order chi connectivity index (χ1) is 18.2. The third-order valence-corrected chi connectivity index (χ3v) is 6.77. The van der Waals surface area contributed by atoms with Crippen molar-refractivity contribution in [1.29, 1.82) is 0 Å². The van der Waals surface area contributed by atoms with Crippen LogP contribution >= 0.6 is 23.2 Å². The lowest BCUT2D eigenvalue weighted by Crippen LogP contribution is -2.43. The lowest BCUT2D eigenvalue weighted by molar-refractivity contribution is -0.139. The highest BCUT2D eigenvalue weighted by atomic mass is 35.5. The molecule has 10 heteroatoms. The molecule has 7 nitrogen and oxygen atoms in total. The van der Waals surface area contributed by atoms with Crippen LogP contribution in [0.15, 0.2) is 72.8 Å². The van der Waals surface area contributed by atoms with Crippen molar-refractivity contribution in [2.45, 2.75) is 24.9 Å². The van der Waals surface area contributed by atoms with E-state index >= 15 is 0 Å². The molecular weight excluding hydrogens is 532 g/mol. The molecule has 0 fully saturated rings. The molecule has 1 heterocycles. The molecule has 0 radical (unpaired) electrons. The molecule has 196 valence electrons. The maximum absolute atomic E-state index is 13.9. The molecule has 38 heavy (non-hydrogen) atoms. The monoisotopic (exact) mass is 555 g/mol. The molecule has 4 rings (SSSR count). The smallest absolute Gasteiger partial charge is 0.326 e. The summed E-state index contributed by atoms with van der Waals surface area (Å²) in [6.45, 7) is 0.462. The Bertz CT molecular complexity index is 1370. The number of amides is 2. The van der Waals surface area contributed by atoms with Gasteiger partial charge in [0.2, 0.25) is 5.91 Å². The topological polar surface area (TPSA) is 108 Å². The molecule has 1 unspecified atom stereocenters. The van der Waals surface area contributed by atoms with Gasteiger partial charge in [0, 0.05) is 13.0 Å². The summed E-state index contributed by atoms with van der Waals surface area (Å²) in [5.74, 6) is -2.72. The SMILES string of the molecule is O=C(N[C@@H](Cc1ccc(C2=CCNC(C(=O)Nc3ccccc3F)C2)cc1)C(=O)O)c1c(Cl)cccc1Cl. The predicted molar refractivity (Wildman–Crippen MR) is 145 cm³/mol. The van der Waals surface area contributed by atoms with E-state index in [1.54, 1.807) is 30.3 Å². The molecular formula is C28H24Cl2FN3O4. The first-order valence-corrected chi connectivity index (χ1v) is 12.5. The molecule has 0 spiro atoms. The van der Waals surface area contributed by atoms with Gasteiger partial charge in [-0.25, -0.2) is 9.18 Å². The van der Waals surface area contributed by atoms with E-state index in [4.69, 9.17) is 23.2 Å². The number of para-hydroxylation sites is 1. The van der Waals surface area contributed by atoms with Crippen LogP contribution in [0.25, 0.3) is 5.57 Å². The summed E-state index contributed by atoms with van der Waals surface area (Å²) in [6, 6.07) is 16.0. The van der Waals surface area contributed by atoms with E-state index in [1.165, 1.54) is 24.3 Å². The number of rotatable bonds is 8. The summed E-state index contributed by atoms with van der Waals surface area (Å²) in [4.78, 5) is 37.2. The normalized spacial score (nSPS) is 15.8. The van der Waals surface area contributed by atoms with E-state index in [-0.39, 0.29) is 33.6 Å². The van der Waals surface area contributed by atoms with Crippen LogP contribution in [0.5, 0.6) is 0 Å². The highest BCUT2D eigenvalue weighted by molar-refractivity contribution is 6.39. The number of hydrogen-bond donors (Lipinski definition) is 4. The van der Waals surface area contributed by atoms with Gasteiger partial charge in [0.15, 0.2) is 0 Å². The van der Waals surface area contributed by atoms with E-state index in [2.05, 4.69) is 16.0 Å². The van der Waals surface area contributed by atoms with Crippen molar-refractivity contribution >= 4 is 52.2 Å². The Kier molecular flexibility index (Phi) is 8.78. The van der Waals surface area contributed by atoms with Crippen molar-refractivity contribution in [3.63, 3.8) is 0 Å². The van der Waals surface area contributed by atoms with Gasteiger partial charge in [0.1, 0.15) is 11.9 Å². The number of carboxylic acids is 1. The first-order valence-electron chi connectivity index (χ1n) is 11.8. The van der Waals surface area contributed by atoms with Crippen molar-refractivity contribution in [3.8, 4) is 0 Å². The van der Waals surface area contributed by atoms with Gasteiger partial charge in [-0.2, -0.15) is 0 Å². The molecule has 0 aromatic heterocycles. The number of anilines is 1. The zero-order chi connectivity index (χ0) is 27.2. The molecule has 0 saturated heterocycles. The van der Waals surface area contributed by atoms with Crippen LogP contribution in [-0.4, -0.2) is 41.5 Å². The average Bonchev–Trinajstić information content (AvgIpc) is 2.90. The molecule has 0 aliphatic carbocycles. The van der Waals surface area contributed by atoms with Crippen molar-refractivity contribution in [2.24, 2.45) is 0 Å². The molecule has 4 N–H and O–H groups in total. The fourth-order valence-electron chi connectivity index (χ4n) is 4.14. The lowest BCUT2D eigenvalue weighted by Gasteiger charge is -2.24. The standard InChI is InChI=1S/C28H24Cl2FN3O4/c29-19-4-3-5-20(30)25(19)27(36)34-24(28(37)38)14-16-8-10-17(11-9-16)18-12-13-32-23(15-18)26(35)33-22-7-2-1-6-21(22)31/h1-12,23-24,32H,13-15H2,(H,33,35)(H,34,36)(H,37,38)/t23?,24-/m0/s1. The van der Waals surface area contributed by atoms with Crippen molar-refractivity contribution in [1.82, 2.24) is 10.6 Å². The molecule has 0 saturated carbocycles. The Hall–Kier alpha value is -3.72. The summed E-state index contributed by atoms with van der Waals surface area (Å²) in [5, 5.41) is 18.1. The van der Waals surface area contributed by atoms with E-state index in [0.717, 1.165) is 11.1 Å². The van der Waals surface area contributed by atoms with Gasteiger partial charge in [0.25, 0.3) is 5.91 Å². The Labute approximate surface area is 228 Å². The zero-order valence-corrected chi connectivity index (χ0v) is 21.5. The van der Waals surface area contributed by atoms with E-state index in [9.17, 15) is 23.9 Å². The van der Waals surface area contributed by atoms with Crippen molar-refractivity contribution < 1.29 is 23.9 Å². The van der Waals surface area contributed by atoms with Gasteiger partial charge in [-0.1, -0.05) is 71.7 Å². The van der Waals surface area contributed by atoms with Gasteiger partial charge in [-0.3, -0.25) is 9.59 Å². The number of carbonyl (C=O) groups excluding carboxylic acids is 2. The largest absolute Gasteiger partial charge is 0.480 e. The van der Waals surface area contributed by atoms with Gasteiger partial charge < -0.3 is 21.1 Å². The van der Waals surface area contributed by atoms with E-state index < -0.39 is 29.8 Å². The number of halogens is 3. The highest BCUT2D eigenvalue weighted by Crippen LogP contribution is 2.26. The molecule has 3 aromatic carbocycles. The summed E-state index contributed by atoms with van der Waals surface area (Å²) >= 11 is 12.1. The summed E-state index contributed by atoms with van der Waals surface area (Å²) in [6.07, 6.45) is 2.40. The number of aliphatic carboxylic acids is 1. The summed E-state index contributed by atoms with van der Waals surface area (Å²) < 4.78 is 13.9. The lowest BCUT2D eigenvalue weighted by atomic mass is 9.93. The van der Waals surface area contributed by atoms with E-state index in [0.29, 0.717) is 18.5 Å². The Balaban J connectivity index is 1.40. The van der Waals surface area contributed by atoms with E-state index in [1.807, 2.05) is 18.2 Å². The number of hydrogen-bond acceptors (Lipinski definition) is 4. The Morgan fingerprint density at radius 2 is 1.68 bits per heavy atom. The maximum Gasteiger partial charge on any atom is 0.326 e. The summed E-state index contributed by atoms with van der Waals surface area (Å²) in [5.41, 5.74) is 2.63. The second kappa shape index (κ2) is 12.2. The summed E-state index contributed by atoms with van der Waals surface area (Å²) in [7, 11) is 0. The molecule has 0 bridgehead atoms. The molecule has 3 aromatic rings. The third-order valence-electron chi connectivity index (χ3n) is 6.14. The van der Waals surface area contributed by atoms with Gasteiger partial charge in [0.05, 0.1) is 27.3 Å². The number of nitrogens with one attached hydrogen (secondary N) is 3. The molecule has 2 amide bonds. The number of benzene rings is 3.